The molecule has 0 fully saturated rings. The third-order valence-electron chi connectivity index (χ3n) is 4.64. The summed E-state index contributed by atoms with van der Waals surface area (Å²) >= 11 is 1.44. The fourth-order valence-corrected chi connectivity index (χ4v) is 3.83. The maximum Gasteiger partial charge on any atom is 0.416 e. The summed E-state index contributed by atoms with van der Waals surface area (Å²) in [7, 11) is 1.60. The maximum absolute atomic E-state index is 12.6. The molecule has 160 valence electrons. The molecule has 2 heterocycles. The lowest BCUT2D eigenvalue weighted by Crippen LogP contribution is -2.26. The number of alkyl halides is 3. The van der Waals surface area contributed by atoms with E-state index in [1.165, 1.54) is 23.5 Å². The highest BCUT2D eigenvalue weighted by atomic mass is 32.1. The van der Waals surface area contributed by atoms with Gasteiger partial charge >= 0.3 is 6.18 Å². The van der Waals surface area contributed by atoms with E-state index in [1.807, 2.05) is 29.6 Å². The highest BCUT2D eigenvalue weighted by molar-refractivity contribution is 7.15. The smallest absolute Gasteiger partial charge is 0.416 e. The molecule has 0 atom stereocenters. The summed E-state index contributed by atoms with van der Waals surface area (Å²) in [5, 5.41) is 9.18. The molecule has 0 saturated carbocycles. The van der Waals surface area contributed by atoms with Crippen molar-refractivity contribution in [3.63, 3.8) is 0 Å². The quantitative estimate of drug-likeness (QED) is 0.475. The summed E-state index contributed by atoms with van der Waals surface area (Å²) in [6, 6.07) is 11.6. The monoisotopic (exact) mass is 446 g/mol. The number of benzene rings is 2. The molecule has 0 aliphatic carbocycles. The Morgan fingerprint density at radius 1 is 1.13 bits per heavy atom. The Hall–Kier alpha value is -3.40. The number of carbonyl (C=O) groups is 1. The van der Waals surface area contributed by atoms with E-state index in [0.29, 0.717) is 18.8 Å². The molecule has 1 amide bonds. The Labute approximate surface area is 179 Å². The summed E-state index contributed by atoms with van der Waals surface area (Å²) in [5.41, 5.74) is 1.12. The Morgan fingerprint density at radius 3 is 2.48 bits per heavy atom. The lowest BCUT2D eigenvalue weighted by Gasteiger charge is -2.08. The van der Waals surface area contributed by atoms with Crippen molar-refractivity contribution in [1.82, 2.24) is 19.9 Å². The maximum atomic E-state index is 12.6. The molecule has 6 nitrogen and oxygen atoms in total. The molecule has 10 heteroatoms. The van der Waals surface area contributed by atoms with E-state index in [0.717, 1.165) is 34.1 Å². The fraction of sp³-hybridized carbons (Fsp3) is 0.190. The van der Waals surface area contributed by atoms with Crippen LogP contribution in [0.2, 0.25) is 0 Å². The van der Waals surface area contributed by atoms with Crippen LogP contribution in [0.15, 0.2) is 53.9 Å². The zero-order valence-electron chi connectivity index (χ0n) is 16.3. The third-order valence-corrected chi connectivity index (χ3v) is 5.50. The number of amides is 1. The van der Waals surface area contributed by atoms with Gasteiger partial charge in [0.1, 0.15) is 5.75 Å². The van der Waals surface area contributed by atoms with Crippen molar-refractivity contribution >= 4 is 22.2 Å². The Bertz CT molecular complexity index is 1200. The van der Waals surface area contributed by atoms with E-state index >= 15 is 0 Å². The zero-order valence-corrected chi connectivity index (χ0v) is 17.1. The average Bonchev–Trinajstić information content (AvgIpc) is 3.35. The minimum absolute atomic E-state index is 0.172. The van der Waals surface area contributed by atoms with Crippen molar-refractivity contribution in [3.05, 3.63) is 70.7 Å². The summed E-state index contributed by atoms with van der Waals surface area (Å²) in [5.74, 6) is 0.900. The van der Waals surface area contributed by atoms with Crippen LogP contribution in [-0.4, -0.2) is 34.2 Å². The van der Waals surface area contributed by atoms with Crippen LogP contribution < -0.4 is 10.1 Å². The van der Waals surface area contributed by atoms with Crippen molar-refractivity contribution in [2.75, 3.05) is 13.7 Å². The van der Waals surface area contributed by atoms with Crippen LogP contribution in [0.4, 0.5) is 13.2 Å². The number of halogens is 3. The molecule has 0 bridgehead atoms. The van der Waals surface area contributed by atoms with Crippen LogP contribution >= 0.6 is 11.3 Å². The largest absolute Gasteiger partial charge is 0.497 e. The van der Waals surface area contributed by atoms with Crippen LogP contribution in [-0.2, 0) is 12.6 Å². The number of hydrogen-bond donors (Lipinski definition) is 1. The highest BCUT2D eigenvalue weighted by Gasteiger charge is 2.30. The predicted molar refractivity (Wildman–Crippen MR) is 110 cm³/mol. The average molecular weight is 446 g/mol. The molecule has 31 heavy (non-hydrogen) atoms. The second-order valence-electron chi connectivity index (χ2n) is 6.67. The van der Waals surface area contributed by atoms with Gasteiger partial charge in [0, 0.05) is 29.5 Å². The number of fused-ring (bicyclic) bond motifs is 1. The molecule has 0 aliphatic heterocycles. The summed E-state index contributed by atoms with van der Waals surface area (Å²) < 4.78 is 44.8. The van der Waals surface area contributed by atoms with E-state index in [1.54, 1.807) is 11.6 Å². The van der Waals surface area contributed by atoms with Gasteiger partial charge in [0.15, 0.2) is 5.82 Å². The Morgan fingerprint density at radius 2 is 1.84 bits per heavy atom. The second-order valence-corrected chi connectivity index (χ2v) is 7.50. The highest BCUT2D eigenvalue weighted by Crippen LogP contribution is 2.29. The first-order valence-electron chi connectivity index (χ1n) is 9.28. The SMILES string of the molecule is COc1ccc(-c2nc3scc(CCNC(=O)c4ccc(C(F)(F)F)cc4)n3n2)cc1. The van der Waals surface area contributed by atoms with Crippen LogP contribution in [0.5, 0.6) is 5.75 Å². The topological polar surface area (TPSA) is 68.5 Å². The van der Waals surface area contributed by atoms with Gasteiger partial charge in [-0.1, -0.05) is 0 Å². The van der Waals surface area contributed by atoms with Gasteiger partial charge in [-0.25, -0.2) is 4.52 Å². The van der Waals surface area contributed by atoms with E-state index in [-0.39, 0.29) is 5.56 Å². The van der Waals surface area contributed by atoms with E-state index in [2.05, 4.69) is 15.4 Å². The van der Waals surface area contributed by atoms with Crippen molar-refractivity contribution < 1.29 is 22.7 Å². The zero-order chi connectivity index (χ0) is 22.0. The number of rotatable bonds is 6. The van der Waals surface area contributed by atoms with Gasteiger partial charge in [0.25, 0.3) is 5.91 Å². The first-order valence-corrected chi connectivity index (χ1v) is 10.2. The second kappa shape index (κ2) is 8.38. The molecule has 0 spiro atoms. The molecule has 2 aromatic heterocycles. The van der Waals surface area contributed by atoms with Gasteiger partial charge in [0.2, 0.25) is 4.96 Å². The van der Waals surface area contributed by atoms with Crippen molar-refractivity contribution in [2.24, 2.45) is 0 Å². The van der Waals surface area contributed by atoms with Crippen LogP contribution in [0.1, 0.15) is 21.6 Å². The summed E-state index contributed by atoms with van der Waals surface area (Å²) in [6.07, 6.45) is -3.93. The molecule has 0 aliphatic rings. The standard InChI is InChI=1S/C21H17F3N4O2S/c1-30-17-8-4-13(5-9-17)18-26-20-28(27-18)16(12-31-20)10-11-25-19(29)14-2-6-15(7-3-14)21(22,23)24/h2-9,12H,10-11H2,1H3,(H,25,29). The number of aromatic nitrogens is 3. The van der Waals surface area contributed by atoms with Crippen LogP contribution in [0.25, 0.3) is 16.3 Å². The van der Waals surface area contributed by atoms with E-state index in [4.69, 9.17) is 4.74 Å². The molecule has 0 unspecified atom stereocenters. The Kier molecular flexibility index (Phi) is 5.64. The van der Waals surface area contributed by atoms with Gasteiger partial charge in [-0.15, -0.1) is 16.4 Å². The normalized spacial score (nSPS) is 11.6. The first kappa shape index (κ1) is 20.9. The lowest BCUT2D eigenvalue weighted by atomic mass is 10.1. The summed E-state index contributed by atoms with van der Waals surface area (Å²) in [4.78, 5) is 17.5. The lowest BCUT2D eigenvalue weighted by molar-refractivity contribution is -0.137. The molecule has 4 rings (SSSR count). The summed E-state index contributed by atoms with van der Waals surface area (Å²) in [6.45, 7) is 0.309. The Balaban J connectivity index is 1.40. The van der Waals surface area contributed by atoms with Gasteiger partial charge in [0.05, 0.1) is 18.4 Å². The number of thiazole rings is 1. The van der Waals surface area contributed by atoms with Crippen LogP contribution in [0, 0.1) is 0 Å². The number of nitrogens with zero attached hydrogens (tertiary/aromatic N) is 3. The minimum Gasteiger partial charge on any atom is -0.497 e. The van der Waals surface area contributed by atoms with Crippen LogP contribution in [0.3, 0.4) is 0 Å². The van der Waals surface area contributed by atoms with Crippen molar-refractivity contribution in [3.8, 4) is 17.1 Å². The molecular formula is C21H17F3N4O2S. The van der Waals surface area contributed by atoms with Gasteiger partial charge < -0.3 is 10.1 Å². The molecule has 0 radical (unpaired) electrons. The molecule has 4 aromatic rings. The molecule has 0 saturated heterocycles. The molecule has 2 aromatic carbocycles. The van der Waals surface area contributed by atoms with Crippen molar-refractivity contribution in [1.29, 1.82) is 0 Å². The third kappa shape index (κ3) is 4.53. The molecular weight excluding hydrogens is 429 g/mol. The first-order chi connectivity index (χ1) is 14.8. The van der Waals surface area contributed by atoms with Gasteiger partial charge in [-0.3, -0.25) is 4.79 Å². The number of carbonyl (C=O) groups excluding carboxylic acids is 1. The number of hydrogen-bond acceptors (Lipinski definition) is 5. The minimum atomic E-state index is -4.43. The predicted octanol–water partition coefficient (Wildman–Crippen LogP) is 4.46. The van der Waals surface area contributed by atoms with Gasteiger partial charge in [-0.05, 0) is 48.5 Å². The number of methoxy groups -OCH3 is 1. The molecule has 1 N–H and O–H groups in total. The number of ether oxygens (including phenoxy) is 1. The van der Waals surface area contributed by atoms with E-state index in [9.17, 15) is 18.0 Å². The fourth-order valence-electron chi connectivity index (χ4n) is 2.98. The van der Waals surface area contributed by atoms with Crippen molar-refractivity contribution in [2.45, 2.75) is 12.6 Å². The van der Waals surface area contributed by atoms with Gasteiger partial charge in [-0.2, -0.15) is 18.2 Å². The van der Waals surface area contributed by atoms with E-state index < -0.39 is 17.6 Å². The number of nitrogens with one attached hydrogen (secondary N) is 1.